The maximum absolute atomic E-state index is 13.8. The topological polar surface area (TPSA) is 107 Å². The fraction of sp³-hybridized carbons (Fsp3) is 0.231. The van der Waals surface area contributed by atoms with Crippen LogP contribution in [0.2, 0.25) is 0 Å². The van der Waals surface area contributed by atoms with Gasteiger partial charge in [-0.05, 0) is 24.6 Å². The standard InChI is InChI=1S/C13H13F2N5O2/c1-2-10(8-5-7(14)3-4-9(8)15)18-13-17-6-11(20(21)22)12(16)19-13/h3-6,10H,2H2,1H3,(H3,16,17,18,19). The Kier molecular flexibility index (Phi) is 4.44. The molecule has 7 nitrogen and oxygen atoms in total. The van der Waals surface area contributed by atoms with E-state index in [1.807, 2.05) is 0 Å². The minimum atomic E-state index is -0.706. The van der Waals surface area contributed by atoms with Crippen LogP contribution in [0.4, 0.5) is 26.2 Å². The highest BCUT2D eigenvalue weighted by Crippen LogP contribution is 2.26. The molecule has 1 aromatic heterocycles. The molecule has 0 spiro atoms. The van der Waals surface area contributed by atoms with Gasteiger partial charge in [-0.15, -0.1) is 0 Å². The van der Waals surface area contributed by atoms with Crippen LogP contribution < -0.4 is 11.1 Å². The van der Waals surface area contributed by atoms with E-state index in [0.717, 1.165) is 24.4 Å². The number of nitro groups is 1. The summed E-state index contributed by atoms with van der Waals surface area (Å²) in [5.41, 5.74) is 5.16. The number of hydrogen-bond acceptors (Lipinski definition) is 6. The molecule has 0 bridgehead atoms. The van der Waals surface area contributed by atoms with Crippen LogP contribution in [0.3, 0.4) is 0 Å². The summed E-state index contributed by atoms with van der Waals surface area (Å²) in [5, 5.41) is 13.4. The van der Waals surface area contributed by atoms with Crippen molar-refractivity contribution in [1.29, 1.82) is 0 Å². The molecule has 0 fully saturated rings. The van der Waals surface area contributed by atoms with Gasteiger partial charge in [0, 0.05) is 5.56 Å². The Labute approximate surface area is 124 Å². The van der Waals surface area contributed by atoms with Crippen molar-refractivity contribution in [2.45, 2.75) is 19.4 Å². The first-order chi connectivity index (χ1) is 10.4. The van der Waals surface area contributed by atoms with Crippen molar-refractivity contribution in [2.75, 3.05) is 11.1 Å². The molecule has 22 heavy (non-hydrogen) atoms. The lowest BCUT2D eigenvalue weighted by Crippen LogP contribution is -2.15. The minimum Gasteiger partial charge on any atom is -0.378 e. The van der Waals surface area contributed by atoms with Crippen molar-refractivity contribution >= 4 is 17.5 Å². The van der Waals surface area contributed by atoms with Gasteiger partial charge in [0.15, 0.2) is 0 Å². The molecule has 0 amide bonds. The van der Waals surface area contributed by atoms with E-state index in [-0.39, 0.29) is 17.3 Å². The van der Waals surface area contributed by atoms with Crippen molar-refractivity contribution in [3.05, 3.63) is 51.7 Å². The molecule has 0 saturated heterocycles. The van der Waals surface area contributed by atoms with Crippen LogP contribution in [-0.4, -0.2) is 14.9 Å². The highest BCUT2D eigenvalue weighted by atomic mass is 19.1. The lowest BCUT2D eigenvalue weighted by molar-refractivity contribution is -0.384. The van der Waals surface area contributed by atoms with Crippen molar-refractivity contribution in [1.82, 2.24) is 9.97 Å². The van der Waals surface area contributed by atoms with E-state index >= 15 is 0 Å². The summed E-state index contributed by atoms with van der Waals surface area (Å²) in [6.07, 6.45) is 1.37. The van der Waals surface area contributed by atoms with E-state index in [0.29, 0.717) is 6.42 Å². The molecular weight excluding hydrogens is 296 g/mol. The highest BCUT2D eigenvalue weighted by molar-refractivity contribution is 5.53. The molecule has 0 aliphatic heterocycles. The maximum atomic E-state index is 13.8. The van der Waals surface area contributed by atoms with Gasteiger partial charge in [0.1, 0.15) is 17.8 Å². The zero-order valence-electron chi connectivity index (χ0n) is 11.6. The zero-order valence-corrected chi connectivity index (χ0v) is 11.6. The molecule has 2 aromatic rings. The third-order valence-electron chi connectivity index (χ3n) is 3.04. The van der Waals surface area contributed by atoms with Crippen LogP contribution in [0.25, 0.3) is 0 Å². The first-order valence-corrected chi connectivity index (χ1v) is 6.40. The number of aromatic nitrogens is 2. The SMILES string of the molecule is CCC(Nc1ncc([N+](=O)[O-])c(N)n1)c1cc(F)ccc1F. The van der Waals surface area contributed by atoms with E-state index in [4.69, 9.17) is 5.73 Å². The zero-order chi connectivity index (χ0) is 16.3. The minimum absolute atomic E-state index is 0.00129. The molecule has 1 atom stereocenters. The molecule has 1 unspecified atom stereocenters. The van der Waals surface area contributed by atoms with Crippen LogP contribution in [0.5, 0.6) is 0 Å². The number of nitrogens with zero attached hydrogens (tertiary/aromatic N) is 3. The van der Waals surface area contributed by atoms with Gasteiger partial charge in [0.05, 0.1) is 11.0 Å². The lowest BCUT2D eigenvalue weighted by Gasteiger charge is -2.18. The van der Waals surface area contributed by atoms with Gasteiger partial charge < -0.3 is 11.1 Å². The van der Waals surface area contributed by atoms with Crippen LogP contribution in [0, 0.1) is 21.7 Å². The van der Waals surface area contributed by atoms with Crippen molar-refractivity contribution in [3.63, 3.8) is 0 Å². The third kappa shape index (κ3) is 3.25. The summed E-state index contributed by atoms with van der Waals surface area (Å²) in [7, 11) is 0. The van der Waals surface area contributed by atoms with E-state index in [1.165, 1.54) is 0 Å². The number of anilines is 2. The molecule has 3 N–H and O–H groups in total. The van der Waals surface area contributed by atoms with Crippen molar-refractivity contribution < 1.29 is 13.7 Å². The monoisotopic (exact) mass is 309 g/mol. The van der Waals surface area contributed by atoms with Gasteiger partial charge in [0.25, 0.3) is 0 Å². The molecule has 0 radical (unpaired) electrons. The molecule has 9 heteroatoms. The molecule has 1 aromatic carbocycles. The second-order valence-corrected chi connectivity index (χ2v) is 4.49. The largest absolute Gasteiger partial charge is 0.378 e. The molecule has 0 aliphatic carbocycles. The number of nitrogen functional groups attached to an aromatic ring is 1. The highest BCUT2D eigenvalue weighted by Gasteiger charge is 2.19. The van der Waals surface area contributed by atoms with Gasteiger partial charge in [-0.25, -0.2) is 13.8 Å². The van der Waals surface area contributed by atoms with Gasteiger partial charge >= 0.3 is 5.69 Å². The van der Waals surface area contributed by atoms with Crippen molar-refractivity contribution in [2.24, 2.45) is 0 Å². The number of nitrogens with two attached hydrogens (primary N) is 1. The Morgan fingerprint density at radius 1 is 1.45 bits per heavy atom. The first-order valence-electron chi connectivity index (χ1n) is 6.40. The van der Waals surface area contributed by atoms with E-state index in [9.17, 15) is 18.9 Å². The molecule has 1 heterocycles. The molecular formula is C13H13F2N5O2. The fourth-order valence-electron chi connectivity index (χ4n) is 1.94. The van der Waals surface area contributed by atoms with Crippen LogP contribution in [-0.2, 0) is 0 Å². The van der Waals surface area contributed by atoms with Gasteiger partial charge in [-0.3, -0.25) is 10.1 Å². The Balaban J connectivity index is 2.29. The molecule has 0 aliphatic rings. The summed E-state index contributed by atoms with van der Waals surface area (Å²) in [5.74, 6) is -1.45. The number of benzene rings is 1. The average molecular weight is 309 g/mol. The Morgan fingerprint density at radius 2 is 2.18 bits per heavy atom. The second-order valence-electron chi connectivity index (χ2n) is 4.49. The Hall–Kier alpha value is -2.84. The molecule has 116 valence electrons. The van der Waals surface area contributed by atoms with Gasteiger partial charge in [-0.2, -0.15) is 4.98 Å². The average Bonchev–Trinajstić information content (AvgIpc) is 2.47. The van der Waals surface area contributed by atoms with Crippen LogP contribution in [0.1, 0.15) is 24.9 Å². The number of nitrogens with one attached hydrogen (secondary N) is 1. The van der Waals surface area contributed by atoms with Gasteiger partial charge in [0.2, 0.25) is 11.8 Å². The Bertz CT molecular complexity index is 711. The predicted octanol–water partition coefficient (Wildman–Crippen LogP) is 2.81. The van der Waals surface area contributed by atoms with E-state index in [2.05, 4.69) is 15.3 Å². The van der Waals surface area contributed by atoms with Crippen LogP contribution in [0.15, 0.2) is 24.4 Å². The summed E-state index contributed by atoms with van der Waals surface area (Å²) in [4.78, 5) is 17.5. The summed E-state index contributed by atoms with van der Waals surface area (Å²) in [6, 6.07) is 2.52. The summed E-state index contributed by atoms with van der Waals surface area (Å²) < 4.78 is 27.1. The summed E-state index contributed by atoms with van der Waals surface area (Å²) in [6.45, 7) is 1.76. The smallest absolute Gasteiger partial charge is 0.329 e. The van der Waals surface area contributed by atoms with Crippen LogP contribution >= 0.6 is 0 Å². The van der Waals surface area contributed by atoms with E-state index < -0.39 is 28.3 Å². The number of hydrogen-bond donors (Lipinski definition) is 2. The number of rotatable bonds is 5. The van der Waals surface area contributed by atoms with Crippen molar-refractivity contribution in [3.8, 4) is 0 Å². The third-order valence-corrected chi connectivity index (χ3v) is 3.04. The van der Waals surface area contributed by atoms with Gasteiger partial charge in [-0.1, -0.05) is 6.92 Å². The lowest BCUT2D eigenvalue weighted by atomic mass is 10.0. The normalized spacial score (nSPS) is 12.0. The Morgan fingerprint density at radius 3 is 2.77 bits per heavy atom. The maximum Gasteiger partial charge on any atom is 0.329 e. The quantitative estimate of drug-likeness (QED) is 0.649. The number of halogens is 2. The molecule has 2 rings (SSSR count). The predicted molar refractivity (Wildman–Crippen MR) is 76.1 cm³/mol. The second kappa shape index (κ2) is 6.29. The fourth-order valence-corrected chi connectivity index (χ4v) is 1.94. The summed E-state index contributed by atoms with van der Waals surface area (Å²) >= 11 is 0. The molecule has 0 saturated carbocycles. The van der Waals surface area contributed by atoms with E-state index in [1.54, 1.807) is 6.92 Å². The first kappa shape index (κ1) is 15.5.